The molecule has 0 bridgehead atoms. The number of thiophene rings is 1. The molecular formula is C17H18N2O2S. The van der Waals surface area contributed by atoms with E-state index in [0.29, 0.717) is 13.0 Å². The van der Waals surface area contributed by atoms with Gasteiger partial charge in [-0.2, -0.15) is 0 Å². The van der Waals surface area contributed by atoms with Gasteiger partial charge in [-0.15, -0.1) is 11.3 Å². The van der Waals surface area contributed by atoms with Gasteiger partial charge in [0.2, 0.25) is 0 Å². The quantitative estimate of drug-likeness (QED) is 0.699. The van der Waals surface area contributed by atoms with E-state index in [0.717, 1.165) is 16.3 Å². The van der Waals surface area contributed by atoms with Crippen LogP contribution in [0.1, 0.15) is 23.7 Å². The van der Waals surface area contributed by atoms with Crippen molar-refractivity contribution in [2.75, 3.05) is 6.61 Å². The molecular weight excluding hydrogens is 296 g/mol. The zero-order valence-corrected chi connectivity index (χ0v) is 12.9. The number of nitrogens with zero attached hydrogens (tertiary/aromatic N) is 1. The summed E-state index contributed by atoms with van der Waals surface area (Å²) in [6.45, 7) is 0.750. The average Bonchev–Trinajstić information content (AvgIpc) is 3.23. The van der Waals surface area contributed by atoms with E-state index in [1.165, 1.54) is 5.56 Å². The first-order valence-electron chi connectivity index (χ1n) is 7.25. The predicted molar refractivity (Wildman–Crippen MR) is 87.5 cm³/mol. The number of hydrogen-bond acceptors (Lipinski definition) is 5. The highest BCUT2D eigenvalue weighted by Crippen LogP contribution is 2.25. The summed E-state index contributed by atoms with van der Waals surface area (Å²) in [7, 11) is 0. The van der Waals surface area contributed by atoms with Crippen LogP contribution in [0.2, 0.25) is 0 Å². The molecule has 0 saturated carbocycles. The van der Waals surface area contributed by atoms with Crippen LogP contribution in [-0.4, -0.2) is 16.9 Å². The molecule has 0 spiro atoms. The van der Waals surface area contributed by atoms with Crippen LogP contribution in [0.25, 0.3) is 10.6 Å². The van der Waals surface area contributed by atoms with Crippen molar-refractivity contribution in [3.8, 4) is 10.6 Å². The van der Waals surface area contributed by atoms with Crippen LogP contribution in [0.3, 0.4) is 0 Å². The number of rotatable bonds is 7. The molecule has 2 heterocycles. The molecule has 1 aromatic carbocycles. The third kappa shape index (κ3) is 3.62. The summed E-state index contributed by atoms with van der Waals surface area (Å²) in [5, 5.41) is 18.8. The smallest absolute Gasteiger partial charge is 0.177 e. The van der Waals surface area contributed by atoms with Gasteiger partial charge in [-0.1, -0.05) is 41.6 Å². The van der Waals surface area contributed by atoms with E-state index >= 15 is 0 Å². The number of aliphatic hydroxyl groups excluding tert-OH is 1. The molecule has 1 atom stereocenters. The lowest BCUT2D eigenvalue weighted by Crippen LogP contribution is -2.22. The standard InChI is InChI=1S/C17H18N2O2S/c20-9-8-15(13-5-2-1-3-6-13)18-12-14-11-16(21-19-14)17-7-4-10-22-17/h1-7,10-11,15,18,20H,8-9,12H2. The third-order valence-electron chi connectivity index (χ3n) is 3.47. The molecule has 0 aliphatic carbocycles. The normalized spacial score (nSPS) is 12.4. The summed E-state index contributed by atoms with van der Waals surface area (Å²) in [6.07, 6.45) is 0.666. The highest BCUT2D eigenvalue weighted by Gasteiger charge is 2.12. The van der Waals surface area contributed by atoms with E-state index in [2.05, 4.69) is 22.6 Å². The van der Waals surface area contributed by atoms with Crippen molar-refractivity contribution in [1.82, 2.24) is 10.5 Å². The molecule has 2 N–H and O–H groups in total. The number of aliphatic hydroxyl groups is 1. The maximum absolute atomic E-state index is 9.25. The van der Waals surface area contributed by atoms with E-state index < -0.39 is 0 Å². The van der Waals surface area contributed by atoms with E-state index in [4.69, 9.17) is 4.52 Å². The molecule has 3 aromatic rings. The summed E-state index contributed by atoms with van der Waals surface area (Å²) >= 11 is 1.63. The fourth-order valence-corrected chi connectivity index (χ4v) is 3.03. The maximum atomic E-state index is 9.25. The highest BCUT2D eigenvalue weighted by atomic mass is 32.1. The van der Waals surface area contributed by atoms with Gasteiger partial charge in [-0.3, -0.25) is 0 Å². The Labute approximate surface area is 133 Å². The Kier molecular flexibility index (Phi) is 5.00. The van der Waals surface area contributed by atoms with E-state index in [-0.39, 0.29) is 12.6 Å². The van der Waals surface area contributed by atoms with Crippen molar-refractivity contribution in [2.45, 2.75) is 19.0 Å². The number of aromatic nitrogens is 1. The molecule has 0 aliphatic heterocycles. The number of hydrogen-bond donors (Lipinski definition) is 2. The first kappa shape index (κ1) is 15.0. The van der Waals surface area contributed by atoms with Crippen LogP contribution in [0.5, 0.6) is 0 Å². The molecule has 22 heavy (non-hydrogen) atoms. The van der Waals surface area contributed by atoms with Gasteiger partial charge in [0.1, 0.15) is 0 Å². The van der Waals surface area contributed by atoms with Gasteiger partial charge in [0.05, 0.1) is 10.6 Å². The molecule has 0 aliphatic rings. The van der Waals surface area contributed by atoms with Gasteiger partial charge < -0.3 is 14.9 Å². The molecule has 1 unspecified atom stereocenters. The summed E-state index contributed by atoms with van der Waals surface area (Å²) in [5.74, 6) is 0.796. The molecule has 5 heteroatoms. The summed E-state index contributed by atoms with van der Waals surface area (Å²) in [6, 6.07) is 16.2. The minimum Gasteiger partial charge on any atom is -0.396 e. The second kappa shape index (κ2) is 7.35. The lowest BCUT2D eigenvalue weighted by molar-refractivity contribution is 0.264. The Morgan fingerprint density at radius 1 is 1.18 bits per heavy atom. The van der Waals surface area contributed by atoms with Crippen molar-refractivity contribution in [3.05, 3.63) is 65.2 Å². The lowest BCUT2D eigenvalue weighted by atomic mass is 10.0. The minimum absolute atomic E-state index is 0.105. The van der Waals surface area contributed by atoms with Gasteiger partial charge >= 0.3 is 0 Å². The van der Waals surface area contributed by atoms with Crippen molar-refractivity contribution in [3.63, 3.8) is 0 Å². The first-order valence-corrected chi connectivity index (χ1v) is 8.13. The zero-order chi connectivity index (χ0) is 15.2. The van der Waals surface area contributed by atoms with E-state index in [1.54, 1.807) is 11.3 Å². The van der Waals surface area contributed by atoms with Crippen LogP contribution in [0.15, 0.2) is 58.4 Å². The third-order valence-corrected chi connectivity index (χ3v) is 4.36. The average molecular weight is 314 g/mol. The Morgan fingerprint density at radius 2 is 2.05 bits per heavy atom. The Hall–Kier alpha value is -1.95. The largest absolute Gasteiger partial charge is 0.396 e. The molecule has 2 aromatic heterocycles. The van der Waals surface area contributed by atoms with Crippen molar-refractivity contribution in [2.24, 2.45) is 0 Å². The van der Waals surface area contributed by atoms with Crippen LogP contribution >= 0.6 is 11.3 Å². The van der Waals surface area contributed by atoms with Crippen molar-refractivity contribution in [1.29, 1.82) is 0 Å². The second-order valence-electron chi connectivity index (χ2n) is 5.02. The summed E-state index contributed by atoms with van der Waals surface area (Å²) in [5.41, 5.74) is 2.03. The fourth-order valence-electron chi connectivity index (χ4n) is 2.36. The number of nitrogens with one attached hydrogen (secondary N) is 1. The van der Waals surface area contributed by atoms with E-state index in [9.17, 15) is 5.11 Å². The maximum Gasteiger partial charge on any atom is 0.177 e. The predicted octanol–water partition coefficient (Wildman–Crippen LogP) is 3.62. The molecule has 0 radical (unpaired) electrons. The van der Waals surface area contributed by atoms with E-state index in [1.807, 2.05) is 41.8 Å². The van der Waals surface area contributed by atoms with Gasteiger partial charge in [0, 0.05) is 25.3 Å². The fraction of sp³-hybridized carbons (Fsp3) is 0.235. The Balaban J connectivity index is 1.65. The first-order chi connectivity index (χ1) is 10.9. The lowest BCUT2D eigenvalue weighted by Gasteiger charge is -2.17. The number of benzene rings is 1. The SMILES string of the molecule is OCCC(NCc1cc(-c2cccs2)on1)c1ccccc1. The Morgan fingerprint density at radius 3 is 2.77 bits per heavy atom. The second-order valence-corrected chi connectivity index (χ2v) is 5.96. The van der Waals surface area contributed by atoms with Gasteiger partial charge in [-0.05, 0) is 23.4 Å². The molecule has 3 rings (SSSR count). The highest BCUT2D eigenvalue weighted by molar-refractivity contribution is 7.13. The van der Waals surface area contributed by atoms with Gasteiger partial charge in [0.25, 0.3) is 0 Å². The Bertz CT molecular complexity index is 680. The summed E-state index contributed by atoms with van der Waals surface area (Å²) in [4.78, 5) is 1.08. The van der Waals surface area contributed by atoms with Crippen LogP contribution in [0, 0.1) is 0 Å². The summed E-state index contributed by atoms with van der Waals surface area (Å²) < 4.78 is 5.38. The van der Waals surface area contributed by atoms with Gasteiger partial charge in [-0.25, -0.2) is 0 Å². The molecule has 0 saturated heterocycles. The molecule has 0 fully saturated rings. The van der Waals surface area contributed by atoms with Gasteiger partial charge in [0.15, 0.2) is 5.76 Å². The molecule has 4 nitrogen and oxygen atoms in total. The molecule has 0 amide bonds. The molecule has 114 valence electrons. The van der Waals surface area contributed by atoms with Crippen LogP contribution in [0.4, 0.5) is 0 Å². The van der Waals surface area contributed by atoms with Crippen molar-refractivity contribution >= 4 is 11.3 Å². The van der Waals surface area contributed by atoms with Crippen LogP contribution in [-0.2, 0) is 6.54 Å². The monoisotopic (exact) mass is 314 g/mol. The topological polar surface area (TPSA) is 58.3 Å². The minimum atomic E-state index is 0.105. The van der Waals surface area contributed by atoms with Crippen LogP contribution < -0.4 is 5.32 Å². The van der Waals surface area contributed by atoms with Crippen molar-refractivity contribution < 1.29 is 9.63 Å². The zero-order valence-electron chi connectivity index (χ0n) is 12.1.